The van der Waals surface area contributed by atoms with Gasteiger partial charge < -0.3 is 20.3 Å². The van der Waals surface area contributed by atoms with Gasteiger partial charge in [0.2, 0.25) is 0 Å². The molecule has 0 saturated carbocycles. The Morgan fingerprint density at radius 1 is 1.31 bits per heavy atom. The van der Waals surface area contributed by atoms with Gasteiger partial charge in [0.25, 0.3) is 0 Å². The lowest BCUT2D eigenvalue weighted by atomic mass is 9.91. The maximum atomic E-state index is 12.8. The normalized spacial score (nSPS) is 32.3. The summed E-state index contributed by atoms with van der Waals surface area (Å²) >= 11 is 0. The summed E-state index contributed by atoms with van der Waals surface area (Å²) in [6, 6.07) is -1.31. The van der Waals surface area contributed by atoms with E-state index in [9.17, 15) is 27.6 Å². The zero-order chi connectivity index (χ0) is 19.9. The van der Waals surface area contributed by atoms with Crippen LogP contribution in [-0.4, -0.2) is 60.4 Å². The van der Waals surface area contributed by atoms with Crippen LogP contribution in [0.5, 0.6) is 0 Å². The summed E-state index contributed by atoms with van der Waals surface area (Å²) in [6.07, 6.45) is -5.91. The molecule has 148 valence electrons. The van der Waals surface area contributed by atoms with E-state index < -0.39 is 51.4 Å². The number of nitrogens with zero attached hydrogens (tertiary/aromatic N) is 2. The first kappa shape index (κ1) is 20.8. The van der Waals surface area contributed by atoms with E-state index in [0.717, 1.165) is 12.5 Å². The third-order valence-electron chi connectivity index (χ3n) is 3.98. The third kappa shape index (κ3) is 4.42. The number of halogens is 3. The molecule has 0 bridgehead atoms. The van der Waals surface area contributed by atoms with Crippen molar-refractivity contribution in [2.24, 2.45) is 5.92 Å². The first-order valence-corrected chi connectivity index (χ1v) is 9.75. The standard InChI is InChI=1S/C14H21F3N4O4S/c1-6(2)12-11(23)10(22)9(13(25-12)26(3,18)24)21-8-5-19-4-7(20-8)14(15,16)17/h4-6,9-13,18,22-23H,1-3H3,(H,20,21)/t9-,10-,11-,12?,13?,26?/m1/s1. The lowest BCUT2D eigenvalue weighted by Crippen LogP contribution is -2.63. The maximum Gasteiger partial charge on any atom is 0.434 e. The fraction of sp³-hybridized carbons (Fsp3) is 0.714. The van der Waals surface area contributed by atoms with Gasteiger partial charge in [0.05, 0.1) is 34.3 Å². The third-order valence-corrected chi connectivity index (χ3v) is 5.27. The SMILES string of the molecule is CC(C)C1OC(S(C)(=N)=O)[C@H](Nc2cncc(C(F)(F)F)n2)[C@@H](O)[C@H]1O. The molecule has 8 nitrogen and oxygen atoms in total. The number of hydrogen-bond donors (Lipinski definition) is 4. The van der Waals surface area contributed by atoms with Crippen LogP contribution in [0.15, 0.2) is 12.4 Å². The van der Waals surface area contributed by atoms with Crippen LogP contribution in [0.25, 0.3) is 0 Å². The molecule has 26 heavy (non-hydrogen) atoms. The molecule has 2 rings (SSSR count). The molecule has 0 aliphatic carbocycles. The molecule has 1 aromatic rings. The average Bonchev–Trinajstić information content (AvgIpc) is 2.50. The number of ether oxygens (including phenoxy) is 1. The molecule has 3 unspecified atom stereocenters. The van der Waals surface area contributed by atoms with Gasteiger partial charge in [-0.1, -0.05) is 13.8 Å². The Morgan fingerprint density at radius 2 is 1.92 bits per heavy atom. The zero-order valence-corrected chi connectivity index (χ0v) is 15.1. The number of alkyl halides is 3. The minimum Gasteiger partial charge on any atom is -0.388 e. The average molecular weight is 398 g/mol. The molecule has 0 radical (unpaired) electrons. The van der Waals surface area contributed by atoms with Crippen molar-refractivity contribution in [3.8, 4) is 0 Å². The van der Waals surface area contributed by atoms with E-state index in [4.69, 9.17) is 9.52 Å². The molecule has 6 atom stereocenters. The van der Waals surface area contributed by atoms with Gasteiger partial charge in [-0.3, -0.25) is 9.76 Å². The predicted octanol–water partition coefficient (Wildman–Crippen LogP) is 1.06. The molecular weight excluding hydrogens is 377 g/mol. The van der Waals surface area contributed by atoms with Crippen LogP contribution in [0.3, 0.4) is 0 Å². The van der Waals surface area contributed by atoms with Crippen LogP contribution in [0.4, 0.5) is 19.0 Å². The van der Waals surface area contributed by atoms with Crippen molar-refractivity contribution in [2.45, 2.75) is 49.8 Å². The van der Waals surface area contributed by atoms with Gasteiger partial charge >= 0.3 is 6.18 Å². The molecule has 0 aromatic carbocycles. The van der Waals surface area contributed by atoms with Crippen molar-refractivity contribution >= 4 is 15.5 Å². The van der Waals surface area contributed by atoms with E-state index in [1.54, 1.807) is 13.8 Å². The summed E-state index contributed by atoms with van der Waals surface area (Å²) in [4.78, 5) is 6.81. The Balaban J connectivity index is 2.36. The van der Waals surface area contributed by atoms with E-state index in [1.165, 1.54) is 0 Å². The maximum absolute atomic E-state index is 12.8. The highest BCUT2D eigenvalue weighted by atomic mass is 32.2. The van der Waals surface area contributed by atoms with Crippen molar-refractivity contribution in [2.75, 3.05) is 11.6 Å². The minimum atomic E-state index is -4.72. The first-order valence-electron chi connectivity index (χ1n) is 7.72. The molecule has 2 heterocycles. The number of anilines is 1. The van der Waals surface area contributed by atoms with E-state index >= 15 is 0 Å². The Labute approximate surface area is 148 Å². The van der Waals surface area contributed by atoms with Crippen LogP contribution >= 0.6 is 0 Å². The highest BCUT2D eigenvalue weighted by molar-refractivity contribution is 7.92. The molecule has 1 aliphatic heterocycles. The smallest absolute Gasteiger partial charge is 0.388 e. The topological polar surface area (TPSA) is 128 Å². The minimum absolute atomic E-state index is 0.252. The molecule has 4 N–H and O–H groups in total. The van der Waals surface area contributed by atoms with E-state index in [2.05, 4.69) is 15.3 Å². The summed E-state index contributed by atoms with van der Waals surface area (Å²) in [5.41, 5.74) is -2.63. The lowest BCUT2D eigenvalue weighted by molar-refractivity contribution is -0.166. The monoisotopic (exact) mass is 398 g/mol. The molecule has 1 aliphatic rings. The largest absolute Gasteiger partial charge is 0.434 e. The van der Waals surface area contributed by atoms with E-state index in [0.29, 0.717) is 6.20 Å². The summed E-state index contributed by atoms with van der Waals surface area (Å²) < 4.78 is 64.0. The second-order valence-electron chi connectivity index (χ2n) is 6.56. The van der Waals surface area contributed by atoms with Gasteiger partial charge in [-0.2, -0.15) is 13.2 Å². The number of nitrogens with one attached hydrogen (secondary N) is 2. The summed E-state index contributed by atoms with van der Waals surface area (Å²) in [5.74, 6) is -0.602. The van der Waals surface area contributed by atoms with Crippen molar-refractivity contribution in [3.05, 3.63) is 18.1 Å². The van der Waals surface area contributed by atoms with Crippen molar-refractivity contribution in [1.82, 2.24) is 9.97 Å². The van der Waals surface area contributed by atoms with Crippen LogP contribution in [0.2, 0.25) is 0 Å². The highest BCUT2D eigenvalue weighted by Crippen LogP contribution is 2.31. The lowest BCUT2D eigenvalue weighted by Gasteiger charge is -2.44. The predicted molar refractivity (Wildman–Crippen MR) is 86.7 cm³/mol. The molecule has 12 heteroatoms. The van der Waals surface area contributed by atoms with Crippen molar-refractivity contribution in [3.63, 3.8) is 0 Å². The Bertz CT molecular complexity index is 744. The van der Waals surface area contributed by atoms with Gasteiger partial charge in [0, 0.05) is 6.26 Å². The Kier molecular flexibility index (Phi) is 5.80. The second kappa shape index (κ2) is 7.25. The van der Waals surface area contributed by atoms with Crippen molar-refractivity contribution in [1.29, 1.82) is 4.78 Å². The first-order chi connectivity index (χ1) is 11.8. The highest BCUT2D eigenvalue weighted by Gasteiger charge is 2.48. The molecule has 1 aromatic heterocycles. The van der Waals surface area contributed by atoms with Crippen LogP contribution in [-0.2, 0) is 20.6 Å². The summed E-state index contributed by atoms with van der Waals surface area (Å²) in [6.45, 7) is 3.43. The number of aliphatic hydroxyl groups excluding tert-OH is 2. The van der Waals surface area contributed by atoms with Gasteiger partial charge in [-0.05, 0) is 5.92 Å². The number of rotatable bonds is 4. The molecule has 1 fully saturated rings. The molecule has 0 spiro atoms. The Morgan fingerprint density at radius 3 is 2.42 bits per heavy atom. The fourth-order valence-electron chi connectivity index (χ4n) is 2.72. The van der Waals surface area contributed by atoms with Gasteiger partial charge in [-0.25, -0.2) is 9.19 Å². The molecule has 1 saturated heterocycles. The number of hydrogen-bond acceptors (Lipinski definition) is 8. The van der Waals surface area contributed by atoms with Crippen molar-refractivity contribution < 1.29 is 32.3 Å². The van der Waals surface area contributed by atoms with Crippen LogP contribution in [0, 0.1) is 10.7 Å². The summed E-state index contributed by atoms with van der Waals surface area (Å²) in [7, 11) is -3.38. The van der Waals surface area contributed by atoms with Gasteiger partial charge in [0.15, 0.2) is 11.1 Å². The summed E-state index contributed by atoms with van der Waals surface area (Å²) in [5, 5.41) is 23.1. The Hall–Kier alpha value is -1.50. The molecular formula is C14H21F3N4O4S. The quantitative estimate of drug-likeness (QED) is 0.597. The van der Waals surface area contributed by atoms with Gasteiger partial charge in [0.1, 0.15) is 18.0 Å². The number of aliphatic hydroxyl groups is 2. The van der Waals surface area contributed by atoms with Gasteiger partial charge in [-0.15, -0.1) is 0 Å². The van der Waals surface area contributed by atoms with E-state index in [1.807, 2.05) is 0 Å². The zero-order valence-electron chi connectivity index (χ0n) is 14.3. The number of aromatic nitrogens is 2. The van der Waals surface area contributed by atoms with E-state index in [-0.39, 0.29) is 11.7 Å². The second-order valence-corrected chi connectivity index (χ2v) is 8.83. The van der Waals surface area contributed by atoms with Crippen LogP contribution < -0.4 is 5.32 Å². The van der Waals surface area contributed by atoms with Crippen LogP contribution in [0.1, 0.15) is 19.5 Å². The fourth-order valence-corrected chi connectivity index (χ4v) is 3.85. The molecule has 0 amide bonds.